The SMILES string of the molecule is O=C(NCCCCCCO)c1cc(C(=O)NCCCCCCO)cc(-c2cc(C(=O)NCCc3ccc(F)cc3)cc(C(=O)NCCc3ccc(F)cc3)c2)c1. The van der Waals surface area contributed by atoms with Crippen molar-refractivity contribution in [2.24, 2.45) is 0 Å². The van der Waals surface area contributed by atoms with Crippen molar-refractivity contribution in [2.75, 3.05) is 39.4 Å². The quantitative estimate of drug-likeness (QED) is 0.0498. The summed E-state index contributed by atoms with van der Waals surface area (Å²) in [7, 11) is 0. The van der Waals surface area contributed by atoms with E-state index in [0.717, 1.165) is 36.8 Å². The summed E-state index contributed by atoms with van der Waals surface area (Å²) in [5, 5.41) is 29.6. The van der Waals surface area contributed by atoms with Crippen molar-refractivity contribution in [1.29, 1.82) is 0 Å². The molecule has 0 bridgehead atoms. The molecule has 4 amide bonds. The maximum absolute atomic E-state index is 13.6. The van der Waals surface area contributed by atoms with Gasteiger partial charge in [0.25, 0.3) is 23.6 Å². The summed E-state index contributed by atoms with van der Waals surface area (Å²) in [5.41, 5.74) is 3.34. The van der Waals surface area contributed by atoms with Gasteiger partial charge >= 0.3 is 0 Å². The summed E-state index contributed by atoms with van der Waals surface area (Å²) in [6.07, 6.45) is 7.04. The fourth-order valence-electron chi connectivity index (χ4n) is 6.05. The molecule has 0 heterocycles. The van der Waals surface area contributed by atoms with Gasteiger partial charge in [-0.05, 0) is 121 Å². The van der Waals surface area contributed by atoms with Crippen LogP contribution in [0.1, 0.15) is 104 Å². The van der Waals surface area contributed by atoms with Crippen LogP contribution in [0.2, 0.25) is 0 Å². The zero-order valence-electron chi connectivity index (χ0n) is 31.7. The van der Waals surface area contributed by atoms with Crippen LogP contribution < -0.4 is 21.3 Å². The minimum absolute atomic E-state index is 0.116. The van der Waals surface area contributed by atoms with Gasteiger partial charge in [0, 0.05) is 61.6 Å². The molecule has 56 heavy (non-hydrogen) atoms. The van der Waals surface area contributed by atoms with Crippen LogP contribution in [0.25, 0.3) is 11.1 Å². The Bertz CT molecular complexity index is 1760. The normalized spacial score (nSPS) is 10.9. The monoisotopic (exact) mass is 770 g/mol. The molecule has 0 unspecified atom stereocenters. The van der Waals surface area contributed by atoms with Gasteiger partial charge < -0.3 is 31.5 Å². The Balaban J connectivity index is 1.62. The Morgan fingerprint density at radius 3 is 1.04 bits per heavy atom. The number of hydrogen-bond donors (Lipinski definition) is 6. The number of unbranched alkanes of at least 4 members (excludes halogenated alkanes) is 6. The molecule has 4 rings (SSSR count). The molecule has 0 saturated heterocycles. The fraction of sp³-hybridized carbons (Fsp3) is 0.364. The lowest BCUT2D eigenvalue weighted by Gasteiger charge is -2.14. The van der Waals surface area contributed by atoms with Crippen LogP contribution in [0.3, 0.4) is 0 Å². The van der Waals surface area contributed by atoms with Crippen molar-refractivity contribution in [3.63, 3.8) is 0 Å². The van der Waals surface area contributed by atoms with Crippen LogP contribution in [0, 0.1) is 11.6 Å². The standard InChI is InChI=1S/C44H52F2N4O6/c45-39-13-9-31(10-14-39)17-21-49-43(55)37-27-34(28-38(30-37)44(56)50-22-18-32-11-15-40(46)16-12-32)33-25-35(41(53)47-19-5-1-3-7-23-51)29-36(26-33)42(54)48-20-6-2-4-8-24-52/h9-16,25-30,51-52H,1-8,17-24H2,(H,47,53)(H,48,54)(H,49,55)(H,50,56). The molecule has 0 aromatic heterocycles. The number of amides is 4. The van der Waals surface area contributed by atoms with E-state index in [2.05, 4.69) is 21.3 Å². The lowest BCUT2D eigenvalue weighted by molar-refractivity contribution is 0.0937. The average molecular weight is 771 g/mol. The molecule has 0 aliphatic rings. The second kappa shape index (κ2) is 23.5. The summed E-state index contributed by atoms with van der Waals surface area (Å²) in [5.74, 6) is -2.40. The minimum atomic E-state index is -0.455. The van der Waals surface area contributed by atoms with E-state index >= 15 is 0 Å². The first kappa shape index (κ1) is 43.3. The maximum atomic E-state index is 13.6. The van der Waals surface area contributed by atoms with Gasteiger partial charge in [0.05, 0.1) is 0 Å². The molecule has 0 aliphatic heterocycles. The molecular formula is C44H52F2N4O6. The fourth-order valence-corrected chi connectivity index (χ4v) is 6.05. The van der Waals surface area contributed by atoms with E-state index in [1.54, 1.807) is 48.5 Å². The van der Waals surface area contributed by atoms with Crippen molar-refractivity contribution in [3.8, 4) is 11.1 Å². The Morgan fingerprint density at radius 1 is 0.411 bits per heavy atom. The van der Waals surface area contributed by atoms with E-state index in [0.29, 0.717) is 62.7 Å². The molecule has 10 nitrogen and oxygen atoms in total. The highest BCUT2D eigenvalue weighted by Gasteiger charge is 2.18. The van der Waals surface area contributed by atoms with Gasteiger partial charge in [-0.1, -0.05) is 49.9 Å². The van der Waals surface area contributed by atoms with Crippen molar-refractivity contribution < 1.29 is 38.2 Å². The van der Waals surface area contributed by atoms with Crippen molar-refractivity contribution >= 4 is 23.6 Å². The number of hydrogen-bond acceptors (Lipinski definition) is 6. The molecule has 0 atom stereocenters. The molecule has 0 spiro atoms. The second-order valence-electron chi connectivity index (χ2n) is 13.7. The molecule has 0 saturated carbocycles. The van der Waals surface area contributed by atoms with E-state index in [1.165, 1.54) is 36.4 Å². The predicted molar refractivity (Wildman–Crippen MR) is 213 cm³/mol. The highest BCUT2D eigenvalue weighted by Crippen LogP contribution is 2.26. The van der Waals surface area contributed by atoms with Crippen molar-refractivity contribution in [2.45, 2.75) is 64.2 Å². The van der Waals surface area contributed by atoms with E-state index < -0.39 is 11.8 Å². The van der Waals surface area contributed by atoms with Crippen molar-refractivity contribution in [3.05, 3.63) is 130 Å². The van der Waals surface area contributed by atoms with Gasteiger partial charge in [-0.25, -0.2) is 8.78 Å². The molecule has 0 fully saturated rings. The van der Waals surface area contributed by atoms with Gasteiger partial charge in [-0.15, -0.1) is 0 Å². The van der Waals surface area contributed by atoms with Crippen LogP contribution in [0.5, 0.6) is 0 Å². The number of aliphatic hydroxyl groups is 2. The molecule has 12 heteroatoms. The highest BCUT2D eigenvalue weighted by atomic mass is 19.1. The first-order valence-corrected chi connectivity index (χ1v) is 19.3. The minimum Gasteiger partial charge on any atom is -0.396 e. The van der Waals surface area contributed by atoms with Gasteiger partial charge in [-0.2, -0.15) is 0 Å². The lowest BCUT2D eigenvalue weighted by Crippen LogP contribution is -2.28. The molecule has 6 N–H and O–H groups in total. The number of rotatable bonds is 23. The average Bonchev–Trinajstić information content (AvgIpc) is 3.21. The molecule has 0 aliphatic carbocycles. The van der Waals surface area contributed by atoms with Gasteiger partial charge in [0.2, 0.25) is 0 Å². The van der Waals surface area contributed by atoms with E-state index in [1.807, 2.05) is 0 Å². The van der Waals surface area contributed by atoms with E-state index in [9.17, 15) is 28.0 Å². The zero-order valence-corrected chi connectivity index (χ0v) is 31.7. The zero-order chi connectivity index (χ0) is 40.1. The summed E-state index contributed by atoms with van der Waals surface area (Å²) in [6.45, 7) is 1.52. The summed E-state index contributed by atoms with van der Waals surface area (Å²) >= 11 is 0. The third-order valence-electron chi connectivity index (χ3n) is 9.21. The number of halogens is 2. The van der Waals surface area contributed by atoms with Gasteiger partial charge in [0.15, 0.2) is 0 Å². The molecule has 4 aromatic carbocycles. The first-order chi connectivity index (χ1) is 27.2. The van der Waals surface area contributed by atoms with Crippen LogP contribution in [0.4, 0.5) is 8.78 Å². The molecular weight excluding hydrogens is 719 g/mol. The number of nitrogens with one attached hydrogen (secondary N) is 4. The maximum Gasteiger partial charge on any atom is 0.251 e. The summed E-state index contributed by atoms with van der Waals surface area (Å²) < 4.78 is 26.8. The molecule has 298 valence electrons. The Morgan fingerprint density at radius 2 is 0.714 bits per heavy atom. The molecule has 4 aromatic rings. The number of carbonyl (C=O) groups excluding carboxylic acids is 4. The second-order valence-corrected chi connectivity index (χ2v) is 13.7. The van der Waals surface area contributed by atoms with Crippen LogP contribution in [-0.4, -0.2) is 73.2 Å². The topological polar surface area (TPSA) is 157 Å². The Kier molecular flexibility index (Phi) is 18.1. The lowest BCUT2D eigenvalue weighted by atomic mass is 9.95. The molecule has 0 radical (unpaired) electrons. The Labute approximate surface area is 327 Å². The van der Waals surface area contributed by atoms with Gasteiger partial charge in [0.1, 0.15) is 11.6 Å². The number of carbonyl (C=O) groups is 4. The van der Waals surface area contributed by atoms with Crippen LogP contribution in [0.15, 0.2) is 84.9 Å². The van der Waals surface area contributed by atoms with Crippen LogP contribution >= 0.6 is 0 Å². The number of aliphatic hydroxyl groups excluding tert-OH is 2. The third kappa shape index (κ3) is 14.6. The number of benzene rings is 4. The highest BCUT2D eigenvalue weighted by molar-refractivity contribution is 6.04. The third-order valence-corrected chi connectivity index (χ3v) is 9.21. The van der Waals surface area contributed by atoms with Gasteiger partial charge in [-0.3, -0.25) is 19.2 Å². The van der Waals surface area contributed by atoms with Crippen LogP contribution in [-0.2, 0) is 12.8 Å². The summed E-state index contributed by atoms with van der Waals surface area (Å²) in [4.78, 5) is 54.0. The predicted octanol–water partition coefficient (Wildman–Crippen LogP) is 6.14. The smallest absolute Gasteiger partial charge is 0.251 e. The summed E-state index contributed by atoms with van der Waals surface area (Å²) in [6, 6.07) is 21.4. The van der Waals surface area contributed by atoms with E-state index in [-0.39, 0.29) is 72.0 Å². The first-order valence-electron chi connectivity index (χ1n) is 19.3. The van der Waals surface area contributed by atoms with Crippen molar-refractivity contribution in [1.82, 2.24) is 21.3 Å². The largest absolute Gasteiger partial charge is 0.396 e. The Hall–Kier alpha value is -5.46. The van der Waals surface area contributed by atoms with E-state index in [4.69, 9.17) is 10.2 Å².